The Morgan fingerprint density at radius 1 is 1.21 bits per heavy atom. The number of halogens is 2. The van der Waals surface area contributed by atoms with Crippen LogP contribution in [0.25, 0.3) is 0 Å². The Balaban J connectivity index is 1.78. The summed E-state index contributed by atoms with van der Waals surface area (Å²) in [6, 6.07) is 5.45. The van der Waals surface area contributed by atoms with Gasteiger partial charge in [-0.25, -0.2) is 4.98 Å². The number of pyridine rings is 1. The van der Waals surface area contributed by atoms with Crippen LogP contribution in [0.15, 0.2) is 30.6 Å². The lowest BCUT2D eigenvalue weighted by Crippen LogP contribution is -2.08. The van der Waals surface area contributed by atoms with Crippen molar-refractivity contribution in [1.82, 2.24) is 0 Å². The van der Waals surface area contributed by atoms with Crippen LogP contribution in [0, 0.1) is 5.92 Å². The minimum absolute atomic E-state index is 0.320. The molecule has 1 fully saturated rings. The fraction of sp³-hybridized carbons (Fsp3) is 0.389. The molecule has 0 radical (unpaired) electrons. The van der Waals surface area contributed by atoms with Gasteiger partial charge in [-0.05, 0) is 36.5 Å². The molecule has 0 unspecified atom stereocenters. The molecule has 0 saturated heterocycles. The molecule has 1 aliphatic rings. The van der Waals surface area contributed by atoms with Gasteiger partial charge < -0.3 is 14.6 Å². The van der Waals surface area contributed by atoms with Gasteiger partial charge in [0.2, 0.25) is 0 Å². The molecule has 1 aliphatic carbocycles. The van der Waals surface area contributed by atoms with Gasteiger partial charge in [-0.3, -0.25) is 0 Å². The zero-order valence-electron chi connectivity index (χ0n) is 13.4. The van der Waals surface area contributed by atoms with Crippen LogP contribution in [0.3, 0.4) is 0 Å². The lowest BCUT2D eigenvalue weighted by molar-refractivity contribution is -0.377. The highest BCUT2D eigenvalue weighted by molar-refractivity contribution is 6.35. The molecule has 0 aliphatic heterocycles. The van der Waals surface area contributed by atoms with E-state index in [2.05, 4.69) is 4.98 Å². The van der Waals surface area contributed by atoms with E-state index in [0.717, 1.165) is 5.56 Å². The molecule has 128 valence electrons. The van der Waals surface area contributed by atoms with E-state index in [1.54, 1.807) is 19.5 Å². The Morgan fingerprint density at radius 3 is 2.54 bits per heavy atom. The highest BCUT2D eigenvalue weighted by Crippen LogP contribution is 2.35. The van der Waals surface area contributed by atoms with Crippen molar-refractivity contribution in [2.75, 3.05) is 13.7 Å². The third-order valence-corrected chi connectivity index (χ3v) is 4.81. The summed E-state index contributed by atoms with van der Waals surface area (Å²) in [4.78, 5) is 2.86. The summed E-state index contributed by atoms with van der Waals surface area (Å²) in [6.45, 7) is 0.683. The number of hydrogen-bond acceptors (Lipinski definition) is 3. The standard InChI is InChI=1S/C18H19Cl2NO3/c1-23-17-5-4-12(6-18(17)24-10-11-2-3-11)16(22)7-13-14(19)8-21-9-15(13)20/h4-6,8-9,11,16,22H,2-3,7,10H2,1H3/p+1/t16-/m0/s1. The fourth-order valence-corrected chi connectivity index (χ4v) is 3.02. The van der Waals surface area contributed by atoms with Gasteiger partial charge in [0.15, 0.2) is 23.9 Å². The van der Waals surface area contributed by atoms with Crippen LogP contribution in [0.2, 0.25) is 10.0 Å². The number of benzene rings is 1. The summed E-state index contributed by atoms with van der Waals surface area (Å²) in [5.74, 6) is 1.96. The first kappa shape index (κ1) is 17.3. The van der Waals surface area contributed by atoms with Gasteiger partial charge in [0, 0.05) is 12.0 Å². The average molecular weight is 369 g/mol. The summed E-state index contributed by atoms with van der Waals surface area (Å²) in [7, 11) is 1.61. The normalized spacial score (nSPS) is 15.2. The highest BCUT2D eigenvalue weighted by atomic mass is 35.5. The van der Waals surface area contributed by atoms with E-state index in [0.29, 0.717) is 46.1 Å². The molecule has 0 spiro atoms. The molecule has 1 atom stereocenters. The van der Waals surface area contributed by atoms with E-state index in [4.69, 9.17) is 32.7 Å². The first-order chi connectivity index (χ1) is 11.6. The van der Waals surface area contributed by atoms with E-state index in [1.807, 2.05) is 18.2 Å². The third-order valence-electron chi connectivity index (χ3n) is 4.14. The summed E-state index contributed by atoms with van der Waals surface area (Å²) >= 11 is 12.3. The van der Waals surface area contributed by atoms with Gasteiger partial charge in [0.05, 0.1) is 19.8 Å². The number of rotatable bonds is 7. The summed E-state index contributed by atoms with van der Waals surface area (Å²) < 4.78 is 11.2. The van der Waals surface area contributed by atoms with E-state index in [-0.39, 0.29) is 0 Å². The number of aliphatic hydroxyl groups excluding tert-OH is 1. The Bertz CT molecular complexity index is 699. The Kier molecular flexibility index (Phi) is 5.49. The molecule has 2 N–H and O–H groups in total. The summed E-state index contributed by atoms with van der Waals surface area (Å²) in [5.41, 5.74) is 1.45. The van der Waals surface area contributed by atoms with E-state index in [1.165, 1.54) is 12.8 Å². The van der Waals surface area contributed by atoms with Crippen LogP contribution in [-0.4, -0.2) is 18.8 Å². The lowest BCUT2D eigenvalue weighted by atomic mass is 10.0. The van der Waals surface area contributed by atoms with Gasteiger partial charge in [0.25, 0.3) is 0 Å². The van der Waals surface area contributed by atoms with Crippen LogP contribution < -0.4 is 14.5 Å². The Hall–Kier alpha value is -1.49. The second kappa shape index (κ2) is 7.60. The molecule has 24 heavy (non-hydrogen) atoms. The van der Waals surface area contributed by atoms with Crippen molar-refractivity contribution in [3.8, 4) is 11.5 Å². The van der Waals surface area contributed by atoms with Gasteiger partial charge in [-0.15, -0.1) is 0 Å². The first-order valence-corrected chi connectivity index (χ1v) is 8.67. The highest BCUT2D eigenvalue weighted by Gasteiger charge is 2.23. The molecule has 0 bridgehead atoms. The molecule has 2 aromatic rings. The van der Waals surface area contributed by atoms with Crippen LogP contribution >= 0.6 is 23.2 Å². The lowest BCUT2D eigenvalue weighted by Gasteiger charge is -2.16. The number of hydrogen-bond donors (Lipinski definition) is 1. The predicted molar refractivity (Wildman–Crippen MR) is 92.9 cm³/mol. The number of methoxy groups -OCH3 is 1. The summed E-state index contributed by atoms with van der Waals surface area (Å²) in [6.07, 6.45) is 5.30. The average Bonchev–Trinajstić information content (AvgIpc) is 3.40. The zero-order valence-corrected chi connectivity index (χ0v) is 14.9. The third kappa shape index (κ3) is 4.12. The van der Waals surface area contributed by atoms with Crippen LogP contribution in [0.4, 0.5) is 0 Å². The molecule has 1 heterocycles. The smallest absolute Gasteiger partial charge is 0.186 e. The molecule has 1 saturated carbocycles. The monoisotopic (exact) mass is 368 g/mol. The van der Waals surface area contributed by atoms with Crippen LogP contribution in [0.5, 0.6) is 11.5 Å². The van der Waals surface area contributed by atoms with Gasteiger partial charge in [-0.1, -0.05) is 29.3 Å². The molecular formula is C18H20Cl2NO3+. The van der Waals surface area contributed by atoms with Gasteiger partial charge in [-0.2, -0.15) is 0 Å². The molecule has 0 amide bonds. The minimum Gasteiger partial charge on any atom is -0.493 e. The fourth-order valence-electron chi connectivity index (χ4n) is 2.49. The van der Waals surface area contributed by atoms with E-state index >= 15 is 0 Å². The maximum Gasteiger partial charge on any atom is 0.186 e. The van der Waals surface area contributed by atoms with Crippen molar-refractivity contribution in [2.24, 2.45) is 5.92 Å². The van der Waals surface area contributed by atoms with Crippen molar-refractivity contribution >= 4 is 23.2 Å². The minimum atomic E-state index is -0.739. The second-order valence-electron chi connectivity index (χ2n) is 6.01. The van der Waals surface area contributed by atoms with Crippen molar-refractivity contribution in [1.29, 1.82) is 0 Å². The Morgan fingerprint density at radius 2 is 1.92 bits per heavy atom. The molecule has 4 nitrogen and oxygen atoms in total. The number of aliphatic hydroxyl groups is 1. The number of aromatic nitrogens is 1. The van der Waals surface area contributed by atoms with Crippen molar-refractivity contribution in [3.05, 3.63) is 51.8 Å². The number of nitrogens with one attached hydrogen (secondary N) is 1. The molecule has 6 heteroatoms. The van der Waals surface area contributed by atoms with Crippen molar-refractivity contribution in [3.63, 3.8) is 0 Å². The maximum atomic E-state index is 10.6. The molecule has 3 rings (SSSR count). The number of H-pyrrole nitrogens is 1. The maximum absolute atomic E-state index is 10.6. The van der Waals surface area contributed by atoms with E-state index < -0.39 is 6.10 Å². The number of ether oxygens (including phenoxy) is 2. The van der Waals surface area contributed by atoms with Crippen molar-refractivity contribution < 1.29 is 19.6 Å². The van der Waals surface area contributed by atoms with E-state index in [9.17, 15) is 5.11 Å². The van der Waals surface area contributed by atoms with Gasteiger partial charge >= 0.3 is 0 Å². The van der Waals surface area contributed by atoms with Crippen molar-refractivity contribution in [2.45, 2.75) is 25.4 Å². The quantitative estimate of drug-likeness (QED) is 0.806. The topological polar surface area (TPSA) is 52.8 Å². The summed E-state index contributed by atoms with van der Waals surface area (Å²) in [5, 5.41) is 11.6. The predicted octanol–water partition coefficient (Wildman–Crippen LogP) is 3.88. The molecular weight excluding hydrogens is 349 g/mol. The largest absolute Gasteiger partial charge is 0.493 e. The van der Waals surface area contributed by atoms with Crippen LogP contribution in [-0.2, 0) is 6.42 Å². The number of aromatic amines is 1. The zero-order chi connectivity index (χ0) is 17.1. The SMILES string of the molecule is COc1ccc([C@@H](O)Cc2c(Cl)c[nH+]cc2Cl)cc1OCC1CC1. The van der Waals surface area contributed by atoms with Gasteiger partial charge in [0.1, 0.15) is 10.0 Å². The molecule has 1 aromatic carbocycles. The second-order valence-corrected chi connectivity index (χ2v) is 6.83. The first-order valence-electron chi connectivity index (χ1n) is 7.91. The molecule has 1 aromatic heterocycles. The Labute approximate surface area is 151 Å². The van der Waals surface area contributed by atoms with Crippen LogP contribution in [0.1, 0.15) is 30.1 Å².